The Kier molecular flexibility index (Phi) is 5.39. The van der Waals surface area contributed by atoms with Gasteiger partial charge in [-0.1, -0.05) is 13.8 Å². The average molecular weight is 378 g/mol. The molecule has 1 aliphatic heterocycles. The second-order valence-electron chi connectivity index (χ2n) is 8.23. The number of carbonyl (C=O) groups excluding carboxylic acids is 1. The Balaban J connectivity index is 1.82. The van der Waals surface area contributed by atoms with E-state index in [0.29, 0.717) is 22.6 Å². The van der Waals surface area contributed by atoms with Crippen molar-refractivity contribution in [2.45, 2.75) is 45.8 Å². The summed E-state index contributed by atoms with van der Waals surface area (Å²) in [5.74, 6) is 0.201. The second kappa shape index (κ2) is 7.61. The summed E-state index contributed by atoms with van der Waals surface area (Å²) >= 11 is 0. The number of amides is 1. The van der Waals surface area contributed by atoms with Gasteiger partial charge in [-0.2, -0.15) is 5.26 Å². The van der Waals surface area contributed by atoms with Crippen LogP contribution >= 0.6 is 0 Å². The quantitative estimate of drug-likeness (QED) is 0.877. The maximum atomic E-state index is 12.7. The number of anilines is 1. The number of nitrogens with zero attached hydrogens (tertiary/aromatic N) is 3. The number of hydrogen-bond donors (Lipinski definition) is 1. The molecule has 1 aromatic carbocycles. The lowest BCUT2D eigenvalue weighted by Crippen LogP contribution is -2.40. The van der Waals surface area contributed by atoms with Crippen LogP contribution in [0.5, 0.6) is 5.75 Å². The van der Waals surface area contributed by atoms with Gasteiger partial charge in [0.25, 0.3) is 5.91 Å². The van der Waals surface area contributed by atoms with Crippen LogP contribution in [0.1, 0.15) is 54.9 Å². The molecule has 0 saturated heterocycles. The first-order valence-corrected chi connectivity index (χ1v) is 9.39. The predicted octanol–water partition coefficient (Wildman–Crippen LogP) is 3.72. The Hall–Kier alpha value is -2.91. The lowest BCUT2D eigenvalue weighted by atomic mass is 9.82. The SMILES string of the molecule is CC(C)Oc1ccc(C(=O)Nc2cnc3c(c2)CN(C)CC3(C)C)cc1C#N. The number of pyridine rings is 1. The van der Waals surface area contributed by atoms with Crippen LogP contribution in [-0.4, -0.2) is 35.5 Å². The molecule has 28 heavy (non-hydrogen) atoms. The van der Waals surface area contributed by atoms with Gasteiger partial charge in [0.15, 0.2) is 0 Å². The molecule has 0 radical (unpaired) electrons. The largest absolute Gasteiger partial charge is 0.490 e. The molecule has 3 rings (SSSR count). The van der Waals surface area contributed by atoms with Crippen molar-refractivity contribution in [3.63, 3.8) is 0 Å². The molecule has 1 N–H and O–H groups in total. The minimum Gasteiger partial charge on any atom is -0.490 e. The van der Waals surface area contributed by atoms with Crippen molar-refractivity contribution < 1.29 is 9.53 Å². The molecule has 0 atom stereocenters. The summed E-state index contributed by atoms with van der Waals surface area (Å²) in [6.07, 6.45) is 1.65. The number of rotatable bonds is 4. The average Bonchev–Trinajstić information content (AvgIpc) is 2.60. The van der Waals surface area contributed by atoms with E-state index in [4.69, 9.17) is 4.74 Å². The number of aromatic nitrogens is 1. The molecule has 146 valence electrons. The second-order valence-corrected chi connectivity index (χ2v) is 8.23. The van der Waals surface area contributed by atoms with Crippen LogP contribution < -0.4 is 10.1 Å². The third-order valence-corrected chi connectivity index (χ3v) is 4.70. The molecular weight excluding hydrogens is 352 g/mol. The van der Waals surface area contributed by atoms with Crippen LogP contribution in [0.4, 0.5) is 5.69 Å². The van der Waals surface area contributed by atoms with E-state index in [0.717, 1.165) is 24.3 Å². The first kappa shape index (κ1) is 19.8. The number of likely N-dealkylation sites (N-methyl/N-ethyl adjacent to an activating group) is 1. The minimum atomic E-state index is -0.280. The van der Waals surface area contributed by atoms with Crippen molar-refractivity contribution in [3.05, 3.63) is 52.8 Å². The van der Waals surface area contributed by atoms with E-state index in [-0.39, 0.29) is 17.4 Å². The highest BCUT2D eigenvalue weighted by molar-refractivity contribution is 6.04. The monoisotopic (exact) mass is 378 g/mol. The fourth-order valence-corrected chi connectivity index (χ4v) is 3.72. The van der Waals surface area contributed by atoms with Crippen LogP contribution in [0.2, 0.25) is 0 Å². The van der Waals surface area contributed by atoms with E-state index in [1.54, 1.807) is 24.4 Å². The lowest BCUT2D eigenvalue weighted by molar-refractivity contribution is 0.102. The van der Waals surface area contributed by atoms with Crippen LogP contribution in [-0.2, 0) is 12.0 Å². The molecule has 1 aliphatic rings. The zero-order valence-electron chi connectivity index (χ0n) is 17.0. The van der Waals surface area contributed by atoms with Gasteiger partial charge in [0, 0.05) is 24.1 Å². The molecule has 6 nitrogen and oxygen atoms in total. The maximum absolute atomic E-state index is 12.7. The van der Waals surface area contributed by atoms with E-state index in [1.165, 1.54) is 0 Å². The van der Waals surface area contributed by atoms with E-state index in [2.05, 4.69) is 42.2 Å². The summed E-state index contributed by atoms with van der Waals surface area (Å²) in [6.45, 7) is 9.89. The first-order chi connectivity index (χ1) is 13.2. The normalized spacial score (nSPS) is 15.6. The summed E-state index contributed by atoms with van der Waals surface area (Å²) in [5.41, 5.74) is 3.56. The van der Waals surface area contributed by atoms with E-state index in [1.807, 2.05) is 19.9 Å². The fourth-order valence-electron chi connectivity index (χ4n) is 3.72. The Bertz CT molecular complexity index is 944. The Labute approximate surface area is 166 Å². The number of fused-ring (bicyclic) bond motifs is 1. The van der Waals surface area contributed by atoms with Crippen LogP contribution in [0.15, 0.2) is 30.5 Å². The van der Waals surface area contributed by atoms with E-state index >= 15 is 0 Å². The zero-order valence-corrected chi connectivity index (χ0v) is 17.0. The molecule has 0 saturated carbocycles. The topological polar surface area (TPSA) is 78.2 Å². The standard InChI is InChI=1S/C22H26N4O2/c1-14(2)28-19-7-6-15(8-16(19)10-23)21(27)25-18-9-17-12-26(5)13-22(3,4)20(17)24-11-18/h6-9,11,14H,12-13H2,1-5H3,(H,25,27). The van der Waals surface area contributed by atoms with Crippen molar-refractivity contribution in [3.8, 4) is 11.8 Å². The fraction of sp³-hybridized carbons (Fsp3) is 0.409. The van der Waals surface area contributed by atoms with Crippen molar-refractivity contribution in [1.82, 2.24) is 9.88 Å². The summed E-state index contributed by atoms with van der Waals surface area (Å²) in [5, 5.41) is 12.2. The third kappa shape index (κ3) is 4.15. The molecule has 0 fully saturated rings. The molecule has 2 aromatic rings. The summed E-state index contributed by atoms with van der Waals surface area (Å²) < 4.78 is 5.61. The number of carbonyl (C=O) groups is 1. The van der Waals surface area contributed by atoms with Gasteiger partial charge in [0.1, 0.15) is 11.8 Å². The van der Waals surface area contributed by atoms with Crippen LogP contribution in [0.25, 0.3) is 0 Å². The van der Waals surface area contributed by atoms with Gasteiger partial charge in [-0.15, -0.1) is 0 Å². The number of hydrogen-bond acceptors (Lipinski definition) is 5. The predicted molar refractivity (Wildman–Crippen MR) is 108 cm³/mol. The Morgan fingerprint density at radius 3 is 2.79 bits per heavy atom. The van der Waals surface area contributed by atoms with E-state index < -0.39 is 0 Å². The molecule has 0 unspecified atom stereocenters. The molecule has 1 aromatic heterocycles. The number of nitriles is 1. The third-order valence-electron chi connectivity index (χ3n) is 4.70. The smallest absolute Gasteiger partial charge is 0.255 e. The minimum absolute atomic E-state index is 0.0290. The van der Waals surface area contributed by atoms with Crippen molar-refractivity contribution in [1.29, 1.82) is 5.26 Å². The van der Waals surface area contributed by atoms with Gasteiger partial charge in [-0.3, -0.25) is 9.78 Å². The van der Waals surface area contributed by atoms with Gasteiger partial charge in [-0.05, 0) is 50.7 Å². The highest BCUT2D eigenvalue weighted by atomic mass is 16.5. The van der Waals surface area contributed by atoms with Crippen molar-refractivity contribution in [2.24, 2.45) is 0 Å². The number of ether oxygens (including phenoxy) is 1. The maximum Gasteiger partial charge on any atom is 0.255 e. The van der Waals surface area contributed by atoms with Gasteiger partial charge in [-0.25, -0.2) is 0 Å². The lowest BCUT2D eigenvalue weighted by Gasteiger charge is -2.37. The number of nitrogens with one attached hydrogen (secondary N) is 1. The molecule has 2 heterocycles. The number of benzene rings is 1. The molecular formula is C22H26N4O2. The van der Waals surface area contributed by atoms with Crippen molar-refractivity contribution in [2.75, 3.05) is 18.9 Å². The Morgan fingerprint density at radius 2 is 2.11 bits per heavy atom. The zero-order chi connectivity index (χ0) is 20.5. The molecule has 1 amide bonds. The molecule has 0 aliphatic carbocycles. The highest BCUT2D eigenvalue weighted by Gasteiger charge is 2.31. The summed E-state index contributed by atoms with van der Waals surface area (Å²) in [6, 6.07) is 8.95. The summed E-state index contributed by atoms with van der Waals surface area (Å²) in [4.78, 5) is 19.5. The Morgan fingerprint density at radius 1 is 1.36 bits per heavy atom. The van der Waals surface area contributed by atoms with Crippen LogP contribution in [0.3, 0.4) is 0 Å². The molecule has 6 heteroatoms. The van der Waals surface area contributed by atoms with Crippen LogP contribution in [0, 0.1) is 11.3 Å². The van der Waals surface area contributed by atoms with Gasteiger partial charge >= 0.3 is 0 Å². The molecule has 0 bridgehead atoms. The van der Waals surface area contributed by atoms with Gasteiger partial charge in [0.2, 0.25) is 0 Å². The first-order valence-electron chi connectivity index (χ1n) is 9.39. The highest BCUT2D eigenvalue weighted by Crippen LogP contribution is 2.32. The summed E-state index contributed by atoms with van der Waals surface area (Å²) in [7, 11) is 2.08. The van der Waals surface area contributed by atoms with Crippen molar-refractivity contribution >= 4 is 11.6 Å². The van der Waals surface area contributed by atoms with Gasteiger partial charge in [0.05, 0.1) is 29.2 Å². The van der Waals surface area contributed by atoms with Gasteiger partial charge < -0.3 is 15.0 Å². The van der Waals surface area contributed by atoms with E-state index in [9.17, 15) is 10.1 Å². The molecule has 0 spiro atoms.